The summed E-state index contributed by atoms with van der Waals surface area (Å²) in [5.41, 5.74) is 0.110. The Hall–Kier alpha value is -0.170. The van der Waals surface area contributed by atoms with Gasteiger partial charge in [0.25, 0.3) is 0 Å². The second kappa shape index (κ2) is 5.31. The summed E-state index contributed by atoms with van der Waals surface area (Å²) in [4.78, 5) is 3.86. The molecule has 1 aliphatic rings. The summed E-state index contributed by atoms with van der Waals surface area (Å²) >= 11 is 9.06. The highest BCUT2D eigenvalue weighted by molar-refractivity contribution is 9.10. The average Bonchev–Trinajstić information content (AvgIpc) is 3.11. The number of nitrogens with one attached hydrogen (secondary N) is 1. The first-order valence-electron chi connectivity index (χ1n) is 6.07. The van der Waals surface area contributed by atoms with Crippen molar-refractivity contribution in [1.29, 1.82) is 0 Å². The minimum atomic E-state index is -3.61. The second-order valence-electron chi connectivity index (χ2n) is 5.28. The fraction of sp³-hybridized carbons (Fsp3) is 0.583. The van der Waals surface area contributed by atoms with Crippen molar-refractivity contribution < 1.29 is 8.42 Å². The van der Waals surface area contributed by atoms with Crippen LogP contribution >= 0.6 is 27.5 Å². The van der Waals surface area contributed by atoms with Crippen LogP contribution in [0.2, 0.25) is 5.15 Å². The molecule has 0 bridgehead atoms. The van der Waals surface area contributed by atoms with Gasteiger partial charge in [-0.05, 0) is 46.2 Å². The monoisotopic (exact) mass is 366 g/mol. The van der Waals surface area contributed by atoms with E-state index in [2.05, 4.69) is 39.5 Å². The van der Waals surface area contributed by atoms with Gasteiger partial charge in [-0.25, -0.2) is 18.1 Å². The Morgan fingerprint density at radius 1 is 1.53 bits per heavy atom. The molecule has 0 amide bonds. The summed E-state index contributed by atoms with van der Waals surface area (Å²) in [6.07, 6.45) is 3.60. The molecule has 0 atom stereocenters. The summed E-state index contributed by atoms with van der Waals surface area (Å²) in [5, 5.41) is -0.00917. The van der Waals surface area contributed by atoms with Crippen LogP contribution in [0.5, 0.6) is 0 Å². The van der Waals surface area contributed by atoms with Gasteiger partial charge in [0.05, 0.1) is 0 Å². The molecular formula is C12H16BrClN2O2S. The van der Waals surface area contributed by atoms with Crippen molar-refractivity contribution in [3.05, 3.63) is 21.9 Å². The topological polar surface area (TPSA) is 59.1 Å². The molecule has 19 heavy (non-hydrogen) atoms. The SMILES string of the molecule is CC(C)C1(CNS(=O)(=O)c2cc(Br)cnc2Cl)CC1. The van der Waals surface area contributed by atoms with E-state index < -0.39 is 10.0 Å². The molecule has 0 aromatic carbocycles. The summed E-state index contributed by atoms with van der Waals surface area (Å²) in [7, 11) is -3.61. The first-order chi connectivity index (χ1) is 8.77. The maximum Gasteiger partial charge on any atom is 0.243 e. The van der Waals surface area contributed by atoms with E-state index in [0.717, 1.165) is 12.8 Å². The second-order valence-corrected chi connectivity index (χ2v) is 8.29. The zero-order valence-electron chi connectivity index (χ0n) is 10.8. The lowest BCUT2D eigenvalue weighted by atomic mass is 9.93. The van der Waals surface area contributed by atoms with Crippen molar-refractivity contribution >= 4 is 37.6 Å². The van der Waals surface area contributed by atoms with E-state index in [1.54, 1.807) is 0 Å². The lowest BCUT2D eigenvalue weighted by Crippen LogP contribution is -2.32. The number of rotatable bonds is 5. The maximum absolute atomic E-state index is 12.2. The molecule has 2 rings (SSSR count). The molecule has 4 nitrogen and oxygen atoms in total. The van der Waals surface area contributed by atoms with Gasteiger partial charge in [-0.1, -0.05) is 25.4 Å². The van der Waals surface area contributed by atoms with Gasteiger partial charge in [-0.15, -0.1) is 0 Å². The molecule has 1 aromatic rings. The predicted octanol–water partition coefficient (Wildman–Crippen LogP) is 3.21. The first-order valence-corrected chi connectivity index (χ1v) is 8.73. The summed E-state index contributed by atoms with van der Waals surface area (Å²) in [5.74, 6) is 0.464. The van der Waals surface area contributed by atoms with Crippen LogP contribution in [0.15, 0.2) is 21.6 Å². The van der Waals surface area contributed by atoms with Crippen LogP contribution in [0.3, 0.4) is 0 Å². The quantitative estimate of drug-likeness (QED) is 0.813. The van der Waals surface area contributed by atoms with Gasteiger partial charge < -0.3 is 0 Å². The van der Waals surface area contributed by atoms with Gasteiger partial charge in [-0.2, -0.15) is 0 Å². The van der Waals surface area contributed by atoms with E-state index in [-0.39, 0.29) is 15.5 Å². The fourth-order valence-corrected chi connectivity index (χ4v) is 4.11. The van der Waals surface area contributed by atoms with Crippen molar-refractivity contribution in [3.63, 3.8) is 0 Å². The van der Waals surface area contributed by atoms with Crippen LogP contribution in [0, 0.1) is 11.3 Å². The van der Waals surface area contributed by atoms with E-state index in [4.69, 9.17) is 11.6 Å². The average molecular weight is 368 g/mol. The van der Waals surface area contributed by atoms with Crippen LogP contribution in [0.1, 0.15) is 26.7 Å². The molecular weight excluding hydrogens is 352 g/mol. The highest BCUT2D eigenvalue weighted by Crippen LogP contribution is 2.51. The Morgan fingerprint density at radius 2 is 2.16 bits per heavy atom. The number of halogens is 2. The largest absolute Gasteiger partial charge is 0.243 e. The normalized spacial score (nSPS) is 17.7. The highest BCUT2D eigenvalue weighted by Gasteiger charge is 2.45. The zero-order valence-corrected chi connectivity index (χ0v) is 13.9. The summed E-state index contributed by atoms with van der Waals surface area (Å²) in [6, 6.07) is 1.46. The lowest BCUT2D eigenvalue weighted by Gasteiger charge is -2.20. The number of pyridine rings is 1. The van der Waals surface area contributed by atoms with Crippen LogP contribution in [-0.4, -0.2) is 19.9 Å². The Morgan fingerprint density at radius 3 is 2.68 bits per heavy atom. The molecule has 106 valence electrons. The van der Waals surface area contributed by atoms with Crippen LogP contribution in [0.25, 0.3) is 0 Å². The number of hydrogen-bond donors (Lipinski definition) is 1. The summed E-state index contributed by atoms with van der Waals surface area (Å²) in [6.45, 7) is 4.69. The van der Waals surface area contributed by atoms with Gasteiger partial charge >= 0.3 is 0 Å². The molecule has 1 aromatic heterocycles. The molecule has 0 saturated heterocycles. The third-order valence-corrected chi connectivity index (χ3v) is 6.06. The Bertz CT molecular complexity index is 585. The van der Waals surface area contributed by atoms with Crippen molar-refractivity contribution in [2.45, 2.75) is 31.6 Å². The van der Waals surface area contributed by atoms with E-state index in [9.17, 15) is 8.42 Å². The van der Waals surface area contributed by atoms with Crippen molar-refractivity contribution in [3.8, 4) is 0 Å². The molecule has 0 aliphatic heterocycles. The Balaban J connectivity index is 2.17. The van der Waals surface area contributed by atoms with E-state index >= 15 is 0 Å². The number of nitrogens with zero attached hydrogens (tertiary/aromatic N) is 1. The number of sulfonamides is 1. The van der Waals surface area contributed by atoms with E-state index in [1.165, 1.54) is 12.3 Å². The number of aromatic nitrogens is 1. The van der Waals surface area contributed by atoms with Crippen LogP contribution in [0.4, 0.5) is 0 Å². The van der Waals surface area contributed by atoms with Crippen LogP contribution in [-0.2, 0) is 10.0 Å². The molecule has 1 saturated carbocycles. The molecule has 1 aliphatic carbocycles. The molecule has 0 unspecified atom stereocenters. The van der Waals surface area contributed by atoms with Crippen molar-refractivity contribution in [2.24, 2.45) is 11.3 Å². The highest BCUT2D eigenvalue weighted by atomic mass is 79.9. The Kier molecular flexibility index (Phi) is 4.26. The maximum atomic E-state index is 12.2. The predicted molar refractivity (Wildman–Crippen MR) is 78.6 cm³/mol. The minimum Gasteiger partial charge on any atom is -0.242 e. The van der Waals surface area contributed by atoms with Crippen molar-refractivity contribution in [2.75, 3.05) is 6.54 Å². The zero-order chi connectivity index (χ0) is 14.3. The van der Waals surface area contributed by atoms with E-state index in [1.807, 2.05) is 0 Å². The van der Waals surface area contributed by atoms with Crippen LogP contribution < -0.4 is 4.72 Å². The standard InChI is InChI=1S/C12H16BrClN2O2S/c1-8(2)12(3-4-12)7-16-19(17,18)10-5-9(13)6-15-11(10)14/h5-6,8,16H,3-4,7H2,1-2H3. The third-order valence-electron chi connectivity index (χ3n) is 3.79. The van der Waals surface area contributed by atoms with Gasteiger partial charge in [0, 0.05) is 17.2 Å². The smallest absolute Gasteiger partial charge is 0.242 e. The fourth-order valence-electron chi connectivity index (χ4n) is 2.03. The molecule has 1 fully saturated rings. The van der Waals surface area contributed by atoms with Gasteiger partial charge in [0.1, 0.15) is 10.0 Å². The molecule has 1 N–H and O–H groups in total. The van der Waals surface area contributed by atoms with Gasteiger partial charge in [0.2, 0.25) is 10.0 Å². The van der Waals surface area contributed by atoms with Gasteiger partial charge in [-0.3, -0.25) is 0 Å². The first kappa shape index (κ1) is 15.2. The third kappa shape index (κ3) is 3.29. The molecule has 1 heterocycles. The number of hydrogen-bond acceptors (Lipinski definition) is 3. The van der Waals surface area contributed by atoms with Gasteiger partial charge in [0.15, 0.2) is 0 Å². The van der Waals surface area contributed by atoms with Crippen molar-refractivity contribution in [1.82, 2.24) is 9.71 Å². The minimum absolute atomic E-state index is 0.00917. The molecule has 0 radical (unpaired) electrons. The lowest BCUT2D eigenvalue weighted by molar-refractivity contribution is 0.357. The summed E-state index contributed by atoms with van der Waals surface area (Å²) < 4.78 is 27.7. The Labute approximate surface area is 127 Å². The van der Waals surface area contributed by atoms with E-state index in [0.29, 0.717) is 16.9 Å². The molecule has 0 spiro atoms. The molecule has 7 heteroatoms.